The predicted molar refractivity (Wildman–Crippen MR) is 143 cm³/mol. The number of aromatic nitrogens is 2. The third-order valence-electron chi connectivity index (χ3n) is 5.71. The largest absolute Gasteiger partial charge is 0.383 e. The van der Waals surface area contributed by atoms with Crippen LogP contribution in [0.15, 0.2) is 71.8 Å². The zero-order valence-electron chi connectivity index (χ0n) is 20.9. The number of benzene rings is 2. The summed E-state index contributed by atoms with van der Waals surface area (Å²) in [6.45, 7) is 0.877. The molecule has 2 aromatic carbocycles. The summed E-state index contributed by atoms with van der Waals surface area (Å²) in [6.07, 6.45) is 1.62. The van der Waals surface area contributed by atoms with E-state index in [0.717, 1.165) is 0 Å². The van der Waals surface area contributed by atoms with E-state index in [1.165, 1.54) is 65.1 Å². The van der Waals surface area contributed by atoms with Crippen LogP contribution in [0.1, 0.15) is 16.1 Å². The molecule has 200 valence electrons. The van der Waals surface area contributed by atoms with Gasteiger partial charge in [-0.15, -0.1) is 0 Å². The van der Waals surface area contributed by atoms with E-state index in [4.69, 9.17) is 9.47 Å². The quantitative estimate of drug-likeness (QED) is 0.259. The van der Waals surface area contributed by atoms with E-state index in [2.05, 4.69) is 9.97 Å². The first kappa shape index (κ1) is 27.7. The molecular formula is C26H27FN4O5S2. The molecule has 0 saturated carbocycles. The average molecular weight is 559 g/mol. The summed E-state index contributed by atoms with van der Waals surface area (Å²) in [7, 11) is -0.848. The molecule has 38 heavy (non-hydrogen) atoms. The third kappa shape index (κ3) is 6.22. The molecule has 0 aliphatic carbocycles. The van der Waals surface area contributed by atoms with Gasteiger partial charge in [0.1, 0.15) is 11.3 Å². The van der Waals surface area contributed by atoms with Crippen molar-refractivity contribution in [2.75, 3.05) is 45.4 Å². The number of pyridine rings is 1. The number of ether oxygens (including phenoxy) is 2. The van der Waals surface area contributed by atoms with Gasteiger partial charge in [0.05, 0.1) is 35.0 Å². The molecule has 0 unspecified atom stereocenters. The van der Waals surface area contributed by atoms with E-state index in [1.807, 2.05) is 6.07 Å². The minimum Gasteiger partial charge on any atom is -0.383 e. The monoisotopic (exact) mass is 558 g/mol. The van der Waals surface area contributed by atoms with Crippen LogP contribution in [0.25, 0.3) is 10.2 Å². The Morgan fingerprint density at radius 3 is 2.29 bits per heavy atom. The number of anilines is 1. The van der Waals surface area contributed by atoms with Gasteiger partial charge in [-0.25, -0.2) is 17.8 Å². The minimum absolute atomic E-state index is 0.0413. The van der Waals surface area contributed by atoms with Crippen molar-refractivity contribution in [1.82, 2.24) is 14.3 Å². The Labute approximate surface area is 224 Å². The van der Waals surface area contributed by atoms with Gasteiger partial charge < -0.3 is 9.47 Å². The van der Waals surface area contributed by atoms with Crippen molar-refractivity contribution in [2.24, 2.45) is 0 Å². The van der Waals surface area contributed by atoms with Gasteiger partial charge in [-0.1, -0.05) is 23.5 Å². The van der Waals surface area contributed by atoms with Crippen molar-refractivity contribution in [2.45, 2.75) is 11.4 Å². The summed E-state index contributed by atoms with van der Waals surface area (Å²) in [4.78, 5) is 23.8. The molecule has 4 aromatic rings. The van der Waals surface area contributed by atoms with Crippen LogP contribution in [0.2, 0.25) is 0 Å². The molecule has 0 N–H and O–H groups in total. The summed E-state index contributed by atoms with van der Waals surface area (Å²) < 4.78 is 52.8. The highest BCUT2D eigenvalue weighted by molar-refractivity contribution is 7.89. The molecule has 1 amide bonds. The fraction of sp³-hybridized carbons (Fsp3) is 0.269. The van der Waals surface area contributed by atoms with Crippen LogP contribution in [0.5, 0.6) is 0 Å². The number of sulfonamides is 1. The normalized spacial score (nSPS) is 11.8. The number of nitrogens with zero attached hydrogens (tertiary/aromatic N) is 4. The SMILES string of the molecule is COCCN(CCOC)S(=O)(=O)c1ccc(C(=O)N(Cc2ccccn2)c2nc3c(F)cccc3s2)cc1. The van der Waals surface area contributed by atoms with E-state index in [-0.39, 0.29) is 48.8 Å². The zero-order valence-corrected chi connectivity index (χ0v) is 22.5. The second kappa shape index (κ2) is 12.5. The van der Waals surface area contributed by atoms with Crippen LogP contribution in [-0.4, -0.2) is 69.1 Å². The molecular weight excluding hydrogens is 531 g/mol. The second-order valence-corrected chi connectivity index (χ2v) is 11.2. The molecule has 0 spiro atoms. The molecule has 9 nitrogen and oxygen atoms in total. The second-order valence-electron chi connectivity index (χ2n) is 8.21. The number of para-hydroxylation sites is 1. The maximum absolute atomic E-state index is 14.3. The lowest BCUT2D eigenvalue weighted by Gasteiger charge is -2.22. The highest BCUT2D eigenvalue weighted by Gasteiger charge is 2.26. The van der Waals surface area contributed by atoms with Crippen LogP contribution < -0.4 is 4.90 Å². The lowest BCUT2D eigenvalue weighted by atomic mass is 10.2. The average Bonchev–Trinajstić information content (AvgIpc) is 3.37. The fourth-order valence-electron chi connectivity index (χ4n) is 3.71. The molecule has 0 bridgehead atoms. The molecule has 0 aliphatic heterocycles. The summed E-state index contributed by atoms with van der Waals surface area (Å²) in [6, 6.07) is 15.7. The van der Waals surface area contributed by atoms with Crippen molar-refractivity contribution < 1.29 is 27.1 Å². The summed E-state index contributed by atoms with van der Waals surface area (Å²) in [5.41, 5.74) is 1.05. The van der Waals surface area contributed by atoms with Crippen LogP contribution in [0, 0.1) is 5.82 Å². The number of methoxy groups -OCH3 is 2. The molecule has 4 rings (SSSR count). The van der Waals surface area contributed by atoms with Gasteiger partial charge >= 0.3 is 0 Å². The van der Waals surface area contributed by atoms with Crippen LogP contribution in [0.4, 0.5) is 9.52 Å². The maximum Gasteiger partial charge on any atom is 0.260 e. The van der Waals surface area contributed by atoms with Crippen LogP contribution in [-0.2, 0) is 26.0 Å². The fourth-order valence-corrected chi connectivity index (χ4v) is 6.10. The van der Waals surface area contributed by atoms with Gasteiger partial charge in [-0.3, -0.25) is 14.7 Å². The Balaban J connectivity index is 1.65. The van der Waals surface area contributed by atoms with Crippen molar-refractivity contribution in [3.63, 3.8) is 0 Å². The molecule has 0 saturated heterocycles. The van der Waals surface area contributed by atoms with Gasteiger partial charge in [0.15, 0.2) is 5.13 Å². The van der Waals surface area contributed by atoms with E-state index in [0.29, 0.717) is 15.5 Å². The number of rotatable bonds is 12. The van der Waals surface area contributed by atoms with Crippen molar-refractivity contribution in [3.8, 4) is 0 Å². The standard InChI is InChI=1S/C26H27FN4O5S2/c1-35-16-14-30(15-17-36-2)38(33,34)21-11-9-19(10-12-21)25(32)31(18-20-6-3-4-13-28-20)26-29-24-22(27)7-5-8-23(24)37-26/h3-13H,14-18H2,1-2H3. The van der Waals surface area contributed by atoms with Crippen LogP contribution >= 0.6 is 11.3 Å². The summed E-state index contributed by atoms with van der Waals surface area (Å²) in [5, 5.41) is 0.308. The van der Waals surface area contributed by atoms with E-state index in [9.17, 15) is 17.6 Å². The first-order valence-electron chi connectivity index (χ1n) is 11.7. The highest BCUT2D eigenvalue weighted by Crippen LogP contribution is 2.32. The van der Waals surface area contributed by atoms with E-state index in [1.54, 1.807) is 30.5 Å². The third-order valence-corrected chi connectivity index (χ3v) is 8.67. The number of hydrogen-bond donors (Lipinski definition) is 0. The molecule has 0 radical (unpaired) electrons. The number of thiazole rings is 1. The van der Waals surface area contributed by atoms with Gasteiger partial charge in [-0.2, -0.15) is 4.31 Å². The number of halogens is 1. The Morgan fingerprint density at radius 1 is 0.974 bits per heavy atom. The number of carbonyl (C=O) groups is 1. The molecule has 12 heteroatoms. The van der Waals surface area contributed by atoms with Crippen molar-refractivity contribution >= 4 is 42.6 Å². The Bertz CT molecular complexity index is 1470. The first-order chi connectivity index (χ1) is 18.3. The van der Waals surface area contributed by atoms with E-state index < -0.39 is 21.7 Å². The summed E-state index contributed by atoms with van der Waals surface area (Å²) in [5.74, 6) is -0.897. The minimum atomic E-state index is -3.84. The zero-order chi connectivity index (χ0) is 27.1. The topological polar surface area (TPSA) is 102 Å². The number of carbonyl (C=O) groups excluding carboxylic acids is 1. The number of hydrogen-bond acceptors (Lipinski definition) is 8. The molecule has 2 aromatic heterocycles. The molecule has 0 atom stereocenters. The summed E-state index contributed by atoms with van der Waals surface area (Å²) >= 11 is 1.19. The van der Waals surface area contributed by atoms with Gasteiger partial charge in [0.25, 0.3) is 5.91 Å². The van der Waals surface area contributed by atoms with Gasteiger partial charge in [0, 0.05) is 39.1 Å². The maximum atomic E-state index is 14.3. The Kier molecular flexibility index (Phi) is 9.13. The first-order valence-corrected chi connectivity index (χ1v) is 14.0. The highest BCUT2D eigenvalue weighted by atomic mass is 32.2. The van der Waals surface area contributed by atoms with E-state index >= 15 is 0 Å². The van der Waals surface area contributed by atoms with Crippen LogP contribution in [0.3, 0.4) is 0 Å². The van der Waals surface area contributed by atoms with Gasteiger partial charge in [-0.05, 0) is 48.5 Å². The number of amides is 1. The smallest absolute Gasteiger partial charge is 0.260 e. The lowest BCUT2D eigenvalue weighted by molar-refractivity contribution is 0.0984. The molecule has 0 aliphatic rings. The molecule has 2 heterocycles. The lowest BCUT2D eigenvalue weighted by Crippen LogP contribution is -2.36. The van der Waals surface area contributed by atoms with Crippen molar-refractivity contribution in [1.29, 1.82) is 0 Å². The predicted octanol–water partition coefficient (Wildman–Crippen LogP) is 3.96. The number of fused-ring (bicyclic) bond motifs is 1. The van der Waals surface area contributed by atoms with Crippen molar-refractivity contribution in [3.05, 3.63) is 83.9 Å². The Morgan fingerprint density at radius 2 is 1.68 bits per heavy atom. The Hall–Kier alpha value is -3.29. The molecule has 0 fully saturated rings. The van der Waals surface area contributed by atoms with Gasteiger partial charge in [0.2, 0.25) is 10.0 Å².